The minimum Gasteiger partial charge on any atom is -0.453 e. The minimum atomic E-state index is -0.965. The summed E-state index contributed by atoms with van der Waals surface area (Å²) >= 11 is 0. The molecule has 3 saturated heterocycles. The Balaban J connectivity index is 0.880. The number of H-pyrrole nitrogens is 2. The van der Waals surface area contributed by atoms with Crippen molar-refractivity contribution in [3.05, 3.63) is 114 Å². The van der Waals surface area contributed by atoms with Crippen molar-refractivity contribution < 1.29 is 37.8 Å². The number of imidazole rings is 2. The van der Waals surface area contributed by atoms with Crippen molar-refractivity contribution in [1.29, 1.82) is 0 Å². The maximum Gasteiger partial charge on any atom is 0.408 e. The van der Waals surface area contributed by atoms with Crippen molar-refractivity contribution in [2.24, 2.45) is 5.92 Å². The SMILES string of the molecule is COC(=O)NC(C(=O)N1CCCC1c1ncc(-c2ccc3nc(-c4ccc(-c5cnc(C6CCCN6C(=O)C(NC(=O)OC(C)(C)C)c6ccccc6)[nH]5)cc4F)ccc3c2)[nH]1)C1CCOCC1. The summed E-state index contributed by atoms with van der Waals surface area (Å²) in [5, 5.41) is 6.43. The number of likely N-dealkylation sites (tertiary alicyclic amines) is 2. The van der Waals surface area contributed by atoms with Gasteiger partial charge in [0.25, 0.3) is 5.91 Å². The van der Waals surface area contributed by atoms with Crippen molar-refractivity contribution in [3.63, 3.8) is 0 Å². The lowest BCUT2D eigenvalue weighted by Crippen LogP contribution is -2.53. The van der Waals surface area contributed by atoms with E-state index in [2.05, 4.69) is 25.6 Å². The topological polar surface area (TPSA) is 197 Å². The van der Waals surface area contributed by atoms with Gasteiger partial charge in [-0.2, -0.15) is 0 Å². The highest BCUT2D eigenvalue weighted by molar-refractivity contribution is 5.89. The molecule has 4 N–H and O–H groups in total. The number of nitrogens with one attached hydrogen (secondary N) is 4. The molecule has 354 valence electrons. The van der Waals surface area contributed by atoms with Crippen LogP contribution in [0, 0.1) is 11.7 Å². The second-order valence-corrected chi connectivity index (χ2v) is 18.6. The van der Waals surface area contributed by atoms with Crippen LogP contribution in [0.1, 0.15) is 94.6 Å². The fourth-order valence-electron chi connectivity index (χ4n) is 9.59. The maximum absolute atomic E-state index is 16.0. The molecule has 6 aromatic rings. The lowest BCUT2D eigenvalue weighted by Gasteiger charge is -2.34. The Morgan fingerprint density at radius 2 is 1.40 bits per heavy atom. The van der Waals surface area contributed by atoms with Crippen LogP contribution in [0.3, 0.4) is 0 Å². The van der Waals surface area contributed by atoms with Gasteiger partial charge < -0.3 is 44.6 Å². The summed E-state index contributed by atoms with van der Waals surface area (Å²) in [5.74, 6) is 0.301. The van der Waals surface area contributed by atoms with E-state index in [9.17, 15) is 19.2 Å². The Morgan fingerprint density at radius 1 is 0.765 bits per heavy atom. The number of aromatic nitrogens is 5. The number of carbonyl (C=O) groups is 4. The van der Waals surface area contributed by atoms with E-state index < -0.39 is 35.7 Å². The number of nitrogens with zero attached hydrogens (tertiary/aromatic N) is 5. The van der Waals surface area contributed by atoms with Crippen molar-refractivity contribution in [3.8, 4) is 33.8 Å². The average Bonchev–Trinajstić information content (AvgIpc) is 4.19. The maximum atomic E-state index is 16.0. The van der Waals surface area contributed by atoms with Gasteiger partial charge in [-0.25, -0.2) is 28.9 Å². The molecule has 3 aliphatic rings. The Kier molecular flexibility index (Phi) is 13.3. The first kappa shape index (κ1) is 46.0. The molecule has 3 aromatic heterocycles. The van der Waals surface area contributed by atoms with Gasteiger partial charge in [-0.1, -0.05) is 48.5 Å². The van der Waals surface area contributed by atoms with E-state index in [-0.39, 0.29) is 29.8 Å². The monoisotopic (exact) mass is 925 g/mol. The lowest BCUT2D eigenvalue weighted by molar-refractivity contribution is -0.137. The summed E-state index contributed by atoms with van der Waals surface area (Å²) in [6, 6.07) is 21.2. The number of aromatic amines is 2. The molecule has 3 aliphatic heterocycles. The molecule has 0 aliphatic carbocycles. The van der Waals surface area contributed by atoms with Crippen molar-refractivity contribution in [2.75, 3.05) is 33.4 Å². The summed E-state index contributed by atoms with van der Waals surface area (Å²) in [6.07, 6.45) is 6.36. The van der Waals surface area contributed by atoms with Crippen LogP contribution in [-0.2, 0) is 23.8 Å². The number of ether oxygens (including phenoxy) is 3. The highest BCUT2D eigenvalue weighted by atomic mass is 19.1. The summed E-state index contributed by atoms with van der Waals surface area (Å²) in [7, 11) is 1.29. The normalized spacial score (nSPS) is 18.6. The molecule has 0 spiro atoms. The second-order valence-electron chi connectivity index (χ2n) is 18.6. The summed E-state index contributed by atoms with van der Waals surface area (Å²) in [5.41, 5.74) is 4.23. The van der Waals surface area contributed by atoms with Crippen LogP contribution in [-0.4, -0.2) is 104 Å². The molecule has 17 heteroatoms. The number of alkyl carbamates (subject to hydrolysis) is 2. The van der Waals surface area contributed by atoms with Gasteiger partial charge in [-0.3, -0.25) is 9.59 Å². The summed E-state index contributed by atoms with van der Waals surface area (Å²) < 4.78 is 31.9. The Morgan fingerprint density at radius 3 is 2.03 bits per heavy atom. The third-order valence-corrected chi connectivity index (χ3v) is 13.0. The third-order valence-electron chi connectivity index (χ3n) is 13.0. The molecule has 4 amide bonds. The van der Waals surface area contributed by atoms with Crippen molar-refractivity contribution in [1.82, 2.24) is 45.4 Å². The molecule has 0 radical (unpaired) electrons. The zero-order valence-electron chi connectivity index (χ0n) is 38.6. The molecular weight excluding hydrogens is 870 g/mol. The Bertz CT molecular complexity index is 2800. The number of methoxy groups -OCH3 is 1. The summed E-state index contributed by atoms with van der Waals surface area (Å²) in [4.78, 5) is 77.9. The van der Waals surface area contributed by atoms with Gasteiger partial charge in [-0.15, -0.1) is 0 Å². The number of amides is 4. The lowest BCUT2D eigenvalue weighted by atomic mass is 9.90. The molecule has 16 nitrogen and oxygen atoms in total. The number of pyridine rings is 1. The number of fused-ring (bicyclic) bond motifs is 1. The van der Waals surface area contributed by atoms with Gasteiger partial charge in [0.05, 0.1) is 54.2 Å². The molecule has 3 aromatic carbocycles. The minimum absolute atomic E-state index is 0.0595. The first-order chi connectivity index (χ1) is 32.8. The smallest absolute Gasteiger partial charge is 0.408 e. The molecule has 4 atom stereocenters. The average molecular weight is 926 g/mol. The third kappa shape index (κ3) is 9.93. The first-order valence-corrected chi connectivity index (χ1v) is 23.2. The zero-order chi connectivity index (χ0) is 47.5. The number of halogens is 1. The molecule has 0 saturated carbocycles. The van der Waals surface area contributed by atoms with E-state index >= 15 is 4.39 Å². The van der Waals surface area contributed by atoms with Crippen LogP contribution in [0.15, 0.2) is 91.3 Å². The van der Waals surface area contributed by atoms with Crippen LogP contribution < -0.4 is 10.6 Å². The fraction of sp³-hybridized carbons (Fsp3) is 0.392. The highest BCUT2D eigenvalue weighted by Gasteiger charge is 2.41. The van der Waals surface area contributed by atoms with Crippen molar-refractivity contribution in [2.45, 2.75) is 89.1 Å². The van der Waals surface area contributed by atoms with Gasteiger partial charge in [0, 0.05) is 48.4 Å². The highest BCUT2D eigenvalue weighted by Crippen LogP contribution is 2.37. The Labute approximate surface area is 393 Å². The van der Waals surface area contributed by atoms with Gasteiger partial charge in [0.15, 0.2) is 0 Å². The predicted octanol–water partition coefficient (Wildman–Crippen LogP) is 8.57. The van der Waals surface area contributed by atoms with Crippen LogP contribution in [0.2, 0.25) is 0 Å². The van der Waals surface area contributed by atoms with Gasteiger partial charge in [-0.05, 0) is 101 Å². The molecule has 9 rings (SSSR count). The number of rotatable bonds is 11. The van der Waals surface area contributed by atoms with E-state index in [1.165, 1.54) is 13.2 Å². The molecule has 68 heavy (non-hydrogen) atoms. The quantitative estimate of drug-likeness (QED) is 0.0977. The van der Waals surface area contributed by atoms with E-state index in [1.807, 2.05) is 53.4 Å². The van der Waals surface area contributed by atoms with Crippen LogP contribution >= 0.6 is 0 Å². The standard InChI is InChI=1S/C51H56FN9O7/c1-51(2,3)68-50(65)59-43(30-10-6-5-7-11-30)47(62)60-22-8-13-42(60)46-54-29-40(57-46)34-14-17-35(36(52)27-34)38-19-16-32-26-33(15-18-37(32)55-38)39-28-53-45(56-39)41-12-9-23-61(41)48(63)44(58-49(64)66-4)31-20-24-67-25-21-31/h5-7,10-11,14-19,26-29,31,41-44H,8-9,12-13,20-25H2,1-4H3,(H,53,56)(H,54,57)(H,58,64)(H,59,65). The van der Waals surface area contributed by atoms with Crippen LogP contribution in [0.25, 0.3) is 44.7 Å². The van der Waals surface area contributed by atoms with Gasteiger partial charge in [0.1, 0.15) is 35.2 Å². The van der Waals surface area contributed by atoms with E-state index in [1.54, 1.807) is 62.3 Å². The van der Waals surface area contributed by atoms with Crippen LogP contribution in [0.4, 0.5) is 14.0 Å². The number of carbonyl (C=O) groups excluding carboxylic acids is 4. The molecule has 0 bridgehead atoms. The van der Waals surface area contributed by atoms with Crippen LogP contribution in [0.5, 0.6) is 0 Å². The Hall–Kier alpha value is -7.14. The molecular formula is C51H56FN9O7. The van der Waals surface area contributed by atoms with E-state index in [4.69, 9.17) is 24.2 Å². The number of benzene rings is 3. The number of hydrogen-bond donors (Lipinski definition) is 4. The predicted molar refractivity (Wildman–Crippen MR) is 251 cm³/mol. The second kappa shape index (κ2) is 19.6. The molecule has 3 fully saturated rings. The first-order valence-electron chi connectivity index (χ1n) is 23.2. The number of hydrogen-bond acceptors (Lipinski definition) is 10. The van der Waals surface area contributed by atoms with E-state index in [0.717, 1.165) is 35.9 Å². The zero-order valence-corrected chi connectivity index (χ0v) is 38.6. The largest absolute Gasteiger partial charge is 0.453 e. The molecule has 6 heterocycles. The van der Waals surface area contributed by atoms with Crippen molar-refractivity contribution >= 4 is 34.9 Å². The molecule has 4 unspecified atom stereocenters. The van der Waals surface area contributed by atoms with E-state index in [0.29, 0.717) is 90.8 Å². The summed E-state index contributed by atoms with van der Waals surface area (Å²) in [6.45, 7) is 7.40. The fourth-order valence-corrected chi connectivity index (χ4v) is 9.59. The van der Waals surface area contributed by atoms with Gasteiger partial charge >= 0.3 is 12.2 Å². The van der Waals surface area contributed by atoms with Gasteiger partial charge in [0.2, 0.25) is 5.91 Å².